The molecule has 3 aliphatic heterocycles. The van der Waals surface area contributed by atoms with E-state index in [1.807, 2.05) is 273 Å². The van der Waals surface area contributed by atoms with Crippen molar-refractivity contribution < 1.29 is 81.3 Å². The summed E-state index contributed by atoms with van der Waals surface area (Å²) >= 11 is 0. The van der Waals surface area contributed by atoms with Crippen molar-refractivity contribution in [1.29, 1.82) is 0 Å². The van der Waals surface area contributed by atoms with E-state index in [0.29, 0.717) is 0 Å². The summed E-state index contributed by atoms with van der Waals surface area (Å²) in [4.78, 5) is 0. The molecule has 0 spiro atoms. The minimum absolute atomic E-state index is 0.0552. The van der Waals surface area contributed by atoms with E-state index in [1.165, 1.54) is 0 Å². The molecule has 0 unspecified atom stereocenters. The number of benzene rings is 9. The molecule has 15 atom stereocenters. The molecule has 0 amide bonds. The van der Waals surface area contributed by atoms with Crippen molar-refractivity contribution in [2.24, 2.45) is 0 Å². The second-order valence-electron chi connectivity index (χ2n) is 25.0. The number of rotatable bonds is 37. The highest BCUT2D eigenvalue weighted by Gasteiger charge is 2.57. The van der Waals surface area contributed by atoms with Gasteiger partial charge in [-0.05, 0) is 50.1 Å². The maximum atomic E-state index is 12.3. The topological polar surface area (TPSA) is 179 Å². The lowest BCUT2D eigenvalue weighted by molar-refractivity contribution is -0.393. The average Bonchev–Trinajstić information content (AvgIpc) is 0.766. The van der Waals surface area contributed by atoms with Gasteiger partial charge in [0.1, 0.15) is 73.2 Å². The fourth-order valence-electron chi connectivity index (χ4n) is 12.6. The van der Waals surface area contributed by atoms with Gasteiger partial charge in [0.25, 0.3) is 0 Å². The highest BCUT2D eigenvalue weighted by molar-refractivity contribution is 5.21. The predicted octanol–water partition coefficient (Wildman–Crippen LogP) is 12.5. The Bertz CT molecular complexity index is 3660. The SMILES string of the molecule is OCCO[C@H]1[C@H](O[C@H]2[C@H](OCc3ccccc3)[C@@H](OCc3ccccc3)[C@@H](O)O[C@@H]2COCc2ccccc2)O[C@H](COCc2ccccc2)[C@H](O[C@@H]2O[C@H](COCc3ccccc3)[C@H](OCc3ccccc3)[C@@H](OCc3ccccc3)[C@H]2OCc2ccccc2)[C@@H]1OCc1ccccc1. The van der Waals surface area contributed by atoms with Crippen LogP contribution >= 0.6 is 0 Å². The molecule has 17 nitrogen and oxygen atoms in total. The van der Waals surface area contributed by atoms with Crippen molar-refractivity contribution in [2.75, 3.05) is 33.0 Å². The Balaban J connectivity index is 0.957. The van der Waals surface area contributed by atoms with E-state index >= 15 is 0 Å². The molecule has 3 saturated heterocycles. The van der Waals surface area contributed by atoms with Gasteiger partial charge in [0.2, 0.25) is 0 Å². The third-order valence-corrected chi connectivity index (χ3v) is 17.7. The Labute approximate surface area is 586 Å². The molecule has 9 aromatic rings. The van der Waals surface area contributed by atoms with Crippen molar-refractivity contribution in [3.05, 3.63) is 323 Å². The summed E-state index contributed by atoms with van der Waals surface area (Å²) in [6, 6.07) is 88.7. The van der Waals surface area contributed by atoms with Gasteiger partial charge in [0.15, 0.2) is 18.9 Å². The van der Waals surface area contributed by atoms with Crippen LogP contribution in [0, 0.1) is 0 Å². The third-order valence-electron chi connectivity index (χ3n) is 17.7. The summed E-state index contributed by atoms with van der Waals surface area (Å²) < 4.78 is 106. The molecule has 17 heteroatoms. The Morgan fingerprint density at radius 3 is 0.780 bits per heavy atom. The molecule has 524 valence electrons. The minimum atomic E-state index is -1.51. The van der Waals surface area contributed by atoms with Gasteiger partial charge in [-0.15, -0.1) is 0 Å². The zero-order chi connectivity index (χ0) is 68.2. The van der Waals surface area contributed by atoms with E-state index in [9.17, 15) is 10.2 Å². The normalized spacial score (nSPS) is 25.3. The van der Waals surface area contributed by atoms with E-state index in [0.717, 1.165) is 50.1 Å². The van der Waals surface area contributed by atoms with Gasteiger partial charge in [-0.25, -0.2) is 0 Å². The van der Waals surface area contributed by atoms with Crippen LogP contribution in [0.15, 0.2) is 273 Å². The van der Waals surface area contributed by atoms with E-state index in [4.69, 9.17) is 71.1 Å². The highest BCUT2D eigenvalue weighted by atomic mass is 16.8. The quantitative estimate of drug-likeness (QED) is 0.0375. The molecule has 0 saturated carbocycles. The second kappa shape index (κ2) is 38.9. The zero-order valence-electron chi connectivity index (χ0n) is 56.1. The molecule has 100 heavy (non-hydrogen) atoms. The Kier molecular flexibility index (Phi) is 28.1. The van der Waals surface area contributed by atoms with Gasteiger partial charge in [-0.2, -0.15) is 0 Å². The molecule has 9 aromatic carbocycles. The minimum Gasteiger partial charge on any atom is -0.394 e. The van der Waals surface area contributed by atoms with Crippen molar-refractivity contribution in [3.63, 3.8) is 0 Å². The monoisotopic (exact) mass is 1360 g/mol. The van der Waals surface area contributed by atoms with Crippen LogP contribution in [0.3, 0.4) is 0 Å². The lowest BCUT2D eigenvalue weighted by atomic mass is 9.95. The van der Waals surface area contributed by atoms with Gasteiger partial charge in [-0.3, -0.25) is 0 Å². The molecular weight excluding hydrogens is 1270 g/mol. The van der Waals surface area contributed by atoms with Gasteiger partial charge in [0, 0.05) is 0 Å². The van der Waals surface area contributed by atoms with E-state index < -0.39 is 92.1 Å². The first-order valence-electron chi connectivity index (χ1n) is 34.4. The maximum Gasteiger partial charge on any atom is 0.187 e. The molecule has 2 N–H and O–H groups in total. The fraction of sp³-hybridized carbons (Fsp3) is 0.349. The first-order chi connectivity index (χ1) is 49.5. The summed E-state index contributed by atoms with van der Waals surface area (Å²) in [5.41, 5.74) is 8.18. The first-order valence-corrected chi connectivity index (χ1v) is 34.4. The number of aliphatic hydroxyl groups excluding tert-OH is 2. The number of hydrogen-bond acceptors (Lipinski definition) is 17. The van der Waals surface area contributed by atoms with Crippen LogP contribution in [-0.2, 0) is 131 Å². The molecule has 0 aromatic heterocycles. The molecular formula is C83H90O17. The molecule has 0 radical (unpaired) electrons. The fourth-order valence-corrected chi connectivity index (χ4v) is 12.6. The smallest absolute Gasteiger partial charge is 0.187 e. The molecule has 0 aliphatic carbocycles. The van der Waals surface area contributed by atoms with Crippen LogP contribution in [0.25, 0.3) is 0 Å². The van der Waals surface area contributed by atoms with Crippen LogP contribution in [0.2, 0.25) is 0 Å². The lowest BCUT2D eigenvalue weighted by Gasteiger charge is -2.51. The second-order valence-corrected chi connectivity index (χ2v) is 25.0. The van der Waals surface area contributed by atoms with Gasteiger partial charge >= 0.3 is 0 Å². The maximum absolute atomic E-state index is 12.3. The van der Waals surface area contributed by atoms with Gasteiger partial charge < -0.3 is 81.3 Å². The summed E-state index contributed by atoms with van der Waals surface area (Å²) in [6.07, 6.45) is -16.5. The number of ether oxygens (including phenoxy) is 15. The van der Waals surface area contributed by atoms with E-state index in [-0.39, 0.29) is 92.5 Å². The van der Waals surface area contributed by atoms with Crippen LogP contribution in [0.4, 0.5) is 0 Å². The summed E-state index contributed by atoms with van der Waals surface area (Å²) in [7, 11) is 0. The molecule has 12 rings (SSSR count). The van der Waals surface area contributed by atoms with Crippen LogP contribution in [-0.4, -0.2) is 135 Å². The summed E-state index contributed by atoms with van der Waals surface area (Å²) in [5, 5.41) is 23.1. The average molecular weight is 1360 g/mol. The largest absolute Gasteiger partial charge is 0.394 e. The first kappa shape index (κ1) is 72.1. The highest BCUT2D eigenvalue weighted by Crippen LogP contribution is 2.39. The Morgan fingerprint density at radius 2 is 0.470 bits per heavy atom. The lowest BCUT2D eigenvalue weighted by Crippen LogP contribution is -2.68. The van der Waals surface area contributed by atoms with Crippen molar-refractivity contribution in [3.8, 4) is 0 Å². The number of aliphatic hydroxyl groups is 2. The predicted molar refractivity (Wildman–Crippen MR) is 373 cm³/mol. The molecule has 0 bridgehead atoms. The van der Waals surface area contributed by atoms with Crippen LogP contribution in [0.5, 0.6) is 0 Å². The van der Waals surface area contributed by atoms with E-state index in [2.05, 4.69) is 0 Å². The standard InChI is InChI=1S/C83H90O17/c84-46-47-89-79-77(93-54-66-40-22-7-23-41-66)74(100-83-80(95-56-68-44-26-9-27-45-68)75(91-52-64-36-18-5-19-37-64)72(90-51-63-34-16-4-17-35-63)69(97-83)57-86-48-60-28-10-1-11-29-60)71(59-88-50-62-32-14-3-15-33-62)98-82(79)99-73-70(58-87-49-61-30-12-2-13-31-61)96-81(85)78(94-55-67-42-24-8-25-43-67)76(73)92-53-65-38-20-6-21-39-65/h1-45,69-85H,46-59H2/t69-,70-,71-,72+,73-,74+,75-,76+,77+,78-,79-,80-,81+,82+,83+/m1/s1. The number of hydrogen-bond donors (Lipinski definition) is 2. The van der Waals surface area contributed by atoms with Gasteiger partial charge in [-0.1, -0.05) is 273 Å². The third kappa shape index (κ3) is 21.2. The summed E-state index contributed by atoms with van der Waals surface area (Å²) in [6.45, 7) is 0.857. The van der Waals surface area contributed by atoms with Crippen molar-refractivity contribution in [1.82, 2.24) is 0 Å². The van der Waals surface area contributed by atoms with Crippen molar-refractivity contribution in [2.45, 2.75) is 152 Å². The van der Waals surface area contributed by atoms with E-state index in [1.54, 1.807) is 0 Å². The Hall–Kier alpha value is -7.70. The summed E-state index contributed by atoms with van der Waals surface area (Å²) in [5.74, 6) is 0. The Morgan fingerprint density at radius 1 is 0.240 bits per heavy atom. The van der Waals surface area contributed by atoms with Gasteiger partial charge in [0.05, 0.1) is 92.5 Å². The van der Waals surface area contributed by atoms with Crippen LogP contribution < -0.4 is 0 Å². The van der Waals surface area contributed by atoms with Crippen LogP contribution in [0.1, 0.15) is 50.1 Å². The molecule has 3 aliphatic rings. The zero-order valence-corrected chi connectivity index (χ0v) is 56.1. The molecule has 3 heterocycles. The molecule has 3 fully saturated rings. The van der Waals surface area contributed by atoms with Crippen molar-refractivity contribution >= 4 is 0 Å².